The van der Waals surface area contributed by atoms with E-state index >= 15 is 0 Å². The Morgan fingerprint density at radius 3 is 2.42 bits per heavy atom. The van der Waals surface area contributed by atoms with Crippen LogP contribution in [0.4, 0.5) is 0 Å². The summed E-state index contributed by atoms with van der Waals surface area (Å²) in [6, 6.07) is 9.26. The minimum Gasteiger partial charge on any atom is -0.482 e. The lowest BCUT2D eigenvalue weighted by Crippen LogP contribution is -2.23. The van der Waals surface area contributed by atoms with Gasteiger partial charge in [-0.3, -0.25) is 4.98 Å². The standard InChI is InChI=1S/C16H18N2O5S/c1-2-22-16(19)12-23-14-3-5-15(6-4-14)24(20,21)18-11-13-7-9-17-10-8-13/h3-10,18H,2,11-12H2,1H3. The Kier molecular flexibility index (Phi) is 6.28. The summed E-state index contributed by atoms with van der Waals surface area (Å²) in [6.07, 6.45) is 3.19. The third-order valence-electron chi connectivity index (χ3n) is 3.01. The van der Waals surface area contributed by atoms with Gasteiger partial charge in [0, 0.05) is 18.9 Å². The van der Waals surface area contributed by atoms with E-state index in [-0.39, 0.29) is 24.7 Å². The van der Waals surface area contributed by atoms with Crippen LogP contribution < -0.4 is 9.46 Å². The summed E-state index contributed by atoms with van der Waals surface area (Å²) in [6.45, 7) is 1.94. The van der Waals surface area contributed by atoms with Crippen LogP contribution in [0.3, 0.4) is 0 Å². The van der Waals surface area contributed by atoms with Crippen LogP contribution in [0.5, 0.6) is 5.75 Å². The van der Waals surface area contributed by atoms with Gasteiger partial charge in [-0.1, -0.05) is 0 Å². The lowest BCUT2D eigenvalue weighted by Gasteiger charge is -2.09. The molecular formula is C16H18N2O5S. The predicted octanol–water partition coefficient (Wildman–Crippen LogP) is 1.50. The van der Waals surface area contributed by atoms with E-state index in [9.17, 15) is 13.2 Å². The molecule has 0 bridgehead atoms. The highest BCUT2D eigenvalue weighted by atomic mass is 32.2. The number of carbonyl (C=O) groups is 1. The number of hydrogen-bond donors (Lipinski definition) is 1. The summed E-state index contributed by atoms with van der Waals surface area (Å²) in [5, 5.41) is 0. The molecule has 1 aromatic heterocycles. The fraction of sp³-hybridized carbons (Fsp3) is 0.250. The molecule has 0 atom stereocenters. The zero-order valence-electron chi connectivity index (χ0n) is 13.1. The molecule has 1 aromatic carbocycles. The molecular weight excluding hydrogens is 332 g/mol. The smallest absolute Gasteiger partial charge is 0.344 e. The summed E-state index contributed by atoms with van der Waals surface area (Å²) in [5.74, 6) is -0.0932. The van der Waals surface area contributed by atoms with Crippen LogP contribution >= 0.6 is 0 Å². The molecule has 0 aliphatic carbocycles. The number of esters is 1. The molecule has 0 fully saturated rings. The van der Waals surface area contributed by atoms with Gasteiger partial charge in [0.1, 0.15) is 5.75 Å². The summed E-state index contributed by atoms with van der Waals surface area (Å²) in [4.78, 5) is 15.2. The molecule has 0 aliphatic heterocycles. The van der Waals surface area contributed by atoms with Crippen molar-refractivity contribution in [2.24, 2.45) is 0 Å². The number of aromatic nitrogens is 1. The maximum absolute atomic E-state index is 12.2. The van der Waals surface area contributed by atoms with Crippen molar-refractivity contribution in [2.75, 3.05) is 13.2 Å². The lowest BCUT2D eigenvalue weighted by atomic mass is 10.3. The topological polar surface area (TPSA) is 94.6 Å². The average Bonchev–Trinajstić information content (AvgIpc) is 2.60. The first-order valence-electron chi connectivity index (χ1n) is 7.28. The minimum atomic E-state index is -3.63. The van der Waals surface area contributed by atoms with E-state index in [2.05, 4.69) is 9.71 Å². The fourth-order valence-electron chi connectivity index (χ4n) is 1.82. The van der Waals surface area contributed by atoms with Crippen molar-refractivity contribution in [2.45, 2.75) is 18.4 Å². The lowest BCUT2D eigenvalue weighted by molar-refractivity contribution is -0.145. The highest BCUT2D eigenvalue weighted by molar-refractivity contribution is 7.89. The second-order valence-electron chi connectivity index (χ2n) is 4.75. The average molecular weight is 350 g/mol. The number of hydrogen-bond acceptors (Lipinski definition) is 6. The second kappa shape index (κ2) is 8.42. The van der Waals surface area contributed by atoms with E-state index in [4.69, 9.17) is 9.47 Å². The zero-order valence-corrected chi connectivity index (χ0v) is 14.0. The van der Waals surface area contributed by atoms with Gasteiger partial charge >= 0.3 is 5.97 Å². The Bertz CT molecular complexity index is 761. The molecule has 2 aromatic rings. The molecule has 0 aliphatic rings. The minimum absolute atomic E-state index is 0.111. The van der Waals surface area contributed by atoms with Crippen LogP contribution in [0.2, 0.25) is 0 Å². The van der Waals surface area contributed by atoms with Gasteiger partial charge in [0.2, 0.25) is 10.0 Å². The largest absolute Gasteiger partial charge is 0.482 e. The van der Waals surface area contributed by atoms with Crippen LogP contribution in [0.25, 0.3) is 0 Å². The molecule has 1 N–H and O–H groups in total. The Balaban J connectivity index is 1.94. The number of benzene rings is 1. The van der Waals surface area contributed by atoms with Gasteiger partial charge in [-0.05, 0) is 48.9 Å². The monoisotopic (exact) mass is 350 g/mol. The van der Waals surface area contributed by atoms with Gasteiger partial charge < -0.3 is 9.47 Å². The Labute approximate surface area is 140 Å². The molecule has 0 saturated heterocycles. The van der Waals surface area contributed by atoms with Gasteiger partial charge in [-0.15, -0.1) is 0 Å². The van der Waals surface area contributed by atoms with E-state index in [1.165, 1.54) is 24.3 Å². The second-order valence-corrected chi connectivity index (χ2v) is 6.51. The van der Waals surface area contributed by atoms with E-state index in [0.29, 0.717) is 5.75 Å². The number of sulfonamides is 1. The molecule has 0 radical (unpaired) electrons. The molecule has 8 heteroatoms. The predicted molar refractivity (Wildman–Crippen MR) is 86.8 cm³/mol. The molecule has 128 valence electrons. The van der Waals surface area contributed by atoms with E-state index < -0.39 is 16.0 Å². The van der Waals surface area contributed by atoms with Crippen LogP contribution in [0, 0.1) is 0 Å². The zero-order chi connectivity index (χ0) is 17.4. The number of ether oxygens (including phenoxy) is 2. The Hall–Kier alpha value is -2.45. The van der Waals surface area contributed by atoms with Crippen molar-refractivity contribution >= 4 is 16.0 Å². The summed E-state index contributed by atoms with van der Waals surface area (Å²) >= 11 is 0. The molecule has 0 saturated carbocycles. The number of rotatable bonds is 8. The molecule has 0 spiro atoms. The normalized spacial score (nSPS) is 11.0. The first-order chi connectivity index (χ1) is 11.5. The van der Waals surface area contributed by atoms with Gasteiger partial charge in [0.15, 0.2) is 6.61 Å². The molecule has 7 nitrogen and oxygen atoms in total. The third kappa shape index (κ3) is 5.32. The van der Waals surface area contributed by atoms with Crippen molar-refractivity contribution in [3.63, 3.8) is 0 Å². The number of carbonyl (C=O) groups excluding carboxylic acids is 1. The quantitative estimate of drug-likeness (QED) is 0.725. The van der Waals surface area contributed by atoms with Crippen LogP contribution in [0.15, 0.2) is 53.7 Å². The number of nitrogens with one attached hydrogen (secondary N) is 1. The first kappa shape index (κ1) is 17.9. The molecule has 24 heavy (non-hydrogen) atoms. The van der Waals surface area contributed by atoms with E-state index in [1.54, 1.807) is 31.5 Å². The Morgan fingerprint density at radius 1 is 1.12 bits per heavy atom. The SMILES string of the molecule is CCOC(=O)COc1ccc(S(=O)(=O)NCc2ccncc2)cc1. The highest BCUT2D eigenvalue weighted by Gasteiger charge is 2.14. The highest BCUT2D eigenvalue weighted by Crippen LogP contribution is 2.16. The van der Waals surface area contributed by atoms with Crippen molar-refractivity contribution in [3.8, 4) is 5.75 Å². The number of nitrogens with zero attached hydrogens (tertiary/aromatic N) is 1. The van der Waals surface area contributed by atoms with Crippen LogP contribution in [0.1, 0.15) is 12.5 Å². The first-order valence-corrected chi connectivity index (χ1v) is 8.76. The van der Waals surface area contributed by atoms with Gasteiger partial charge in [-0.25, -0.2) is 17.9 Å². The third-order valence-corrected chi connectivity index (χ3v) is 4.43. The molecule has 1 heterocycles. The number of pyridine rings is 1. The molecule has 0 unspecified atom stereocenters. The van der Waals surface area contributed by atoms with Crippen molar-refractivity contribution in [3.05, 3.63) is 54.4 Å². The van der Waals surface area contributed by atoms with Crippen molar-refractivity contribution < 1.29 is 22.7 Å². The summed E-state index contributed by atoms with van der Waals surface area (Å²) in [7, 11) is -3.63. The maximum Gasteiger partial charge on any atom is 0.344 e. The van der Waals surface area contributed by atoms with Gasteiger partial charge in [0.25, 0.3) is 0 Å². The van der Waals surface area contributed by atoms with Crippen LogP contribution in [-0.2, 0) is 26.1 Å². The summed E-state index contributed by atoms with van der Waals surface area (Å²) in [5.41, 5.74) is 0.808. The molecule has 0 amide bonds. The fourth-order valence-corrected chi connectivity index (χ4v) is 2.84. The van der Waals surface area contributed by atoms with E-state index in [0.717, 1.165) is 5.56 Å². The van der Waals surface area contributed by atoms with Crippen molar-refractivity contribution in [1.82, 2.24) is 9.71 Å². The van der Waals surface area contributed by atoms with E-state index in [1.807, 2.05) is 0 Å². The molecule has 2 rings (SSSR count). The van der Waals surface area contributed by atoms with Gasteiger partial charge in [0.05, 0.1) is 11.5 Å². The van der Waals surface area contributed by atoms with Gasteiger partial charge in [-0.2, -0.15) is 0 Å². The van der Waals surface area contributed by atoms with Crippen molar-refractivity contribution in [1.29, 1.82) is 0 Å². The Morgan fingerprint density at radius 2 is 1.79 bits per heavy atom. The maximum atomic E-state index is 12.2. The summed E-state index contributed by atoms with van der Waals surface area (Å²) < 4.78 is 36.9. The van der Waals surface area contributed by atoms with Crippen LogP contribution in [-0.4, -0.2) is 32.6 Å².